The van der Waals surface area contributed by atoms with Gasteiger partial charge in [-0.3, -0.25) is 0 Å². The first kappa shape index (κ1) is 15.0. The number of benzene rings is 1. The van der Waals surface area contributed by atoms with E-state index in [1.54, 1.807) is 38.1 Å². The molecule has 0 N–H and O–H groups in total. The van der Waals surface area contributed by atoms with Crippen molar-refractivity contribution in [2.24, 2.45) is 0 Å². The third kappa shape index (κ3) is 4.02. The van der Waals surface area contributed by atoms with Crippen molar-refractivity contribution in [3.63, 3.8) is 0 Å². The topological polar surface area (TPSA) is 43.4 Å². The Morgan fingerprint density at radius 2 is 1.72 bits per heavy atom. The summed E-state index contributed by atoms with van der Waals surface area (Å²) in [7, 11) is -3.18. The zero-order chi connectivity index (χ0) is 13.6. The van der Waals surface area contributed by atoms with Crippen LogP contribution in [0.3, 0.4) is 0 Å². The second kappa shape index (κ2) is 6.78. The van der Waals surface area contributed by atoms with Crippen molar-refractivity contribution < 1.29 is 13.2 Å². The van der Waals surface area contributed by atoms with Gasteiger partial charge >= 0.3 is 0 Å². The fourth-order valence-corrected chi connectivity index (χ4v) is 2.60. The number of unbranched alkanes of at least 4 members (excludes halogenated alkanes) is 2. The van der Waals surface area contributed by atoms with Gasteiger partial charge in [0.15, 0.2) is 9.84 Å². The van der Waals surface area contributed by atoms with E-state index in [1.807, 2.05) is 0 Å². The Kier molecular flexibility index (Phi) is 5.66. The highest BCUT2D eigenvalue weighted by Gasteiger charge is 2.18. The van der Waals surface area contributed by atoms with E-state index in [9.17, 15) is 8.42 Å². The molecule has 0 aliphatic carbocycles. The van der Waals surface area contributed by atoms with Crippen LogP contribution in [-0.2, 0) is 9.84 Å². The van der Waals surface area contributed by atoms with Crippen LogP contribution in [0.1, 0.15) is 40.0 Å². The minimum absolute atomic E-state index is 0.360. The Hall–Kier alpha value is -1.03. The van der Waals surface area contributed by atoms with Crippen LogP contribution >= 0.6 is 0 Å². The fourth-order valence-electron chi connectivity index (χ4n) is 1.54. The average molecular weight is 270 g/mol. The third-order valence-corrected chi connectivity index (χ3v) is 4.96. The molecule has 0 fully saturated rings. The third-order valence-electron chi connectivity index (χ3n) is 2.79. The largest absolute Gasteiger partial charge is 0.494 e. The van der Waals surface area contributed by atoms with E-state index in [0.29, 0.717) is 11.5 Å². The van der Waals surface area contributed by atoms with Crippen molar-refractivity contribution in [3.05, 3.63) is 24.3 Å². The average Bonchev–Trinajstić information content (AvgIpc) is 2.35. The predicted molar refractivity (Wildman–Crippen MR) is 73.8 cm³/mol. The number of sulfone groups is 1. The highest BCUT2D eigenvalue weighted by molar-refractivity contribution is 7.92. The van der Waals surface area contributed by atoms with E-state index >= 15 is 0 Å². The Labute approximate surface area is 110 Å². The van der Waals surface area contributed by atoms with Gasteiger partial charge in [-0.25, -0.2) is 8.42 Å². The molecule has 1 aromatic rings. The van der Waals surface area contributed by atoms with Crippen LogP contribution in [0.25, 0.3) is 0 Å². The van der Waals surface area contributed by atoms with Crippen LogP contribution in [0.5, 0.6) is 5.75 Å². The van der Waals surface area contributed by atoms with Gasteiger partial charge in [-0.2, -0.15) is 0 Å². The summed E-state index contributed by atoms with van der Waals surface area (Å²) in [4.78, 5) is 0.360. The molecule has 0 saturated carbocycles. The van der Waals surface area contributed by atoms with Gasteiger partial charge < -0.3 is 4.74 Å². The van der Waals surface area contributed by atoms with Crippen LogP contribution in [0.15, 0.2) is 29.2 Å². The van der Waals surface area contributed by atoms with Crippen LogP contribution in [-0.4, -0.2) is 20.3 Å². The standard InChI is InChI=1S/C14H22O3S/c1-4-5-6-11-17-13-7-9-14(10-8-13)18(15,16)12(2)3/h7-10,12H,4-6,11H2,1-3H3. The molecule has 0 radical (unpaired) electrons. The molecule has 0 heterocycles. The van der Waals surface area contributed by atoms with Gasteiger partial charge in [0, 0.05) is 0 Å². The maximum atomic E-state index is 11.9. The van der Waals surface area contributed by atoms with Crippen LogP contribution in [0.4, 0.5) is 0 Å². The summed E-state index contributed by atoms with van der Waals surface area (Å²) in [6.45, 7) is 6.20. The summed E-state index contributed by atoms with van der Waals surface area (Å²) >= 11 is 0. The van der Waals surface area contributed by atoms with Crippen LogP contribution in [0, 0.1) is 0 Å². The molecule has 0 aliphatic heterocycles. The molecule has 0 saturated heterocycles. The van der Waals surface area contributed by atoms with Gasteiger partial charge in [0.05, 0.1) is 16.8 Å². The molecule has 102 valence electrons. The second-order valence-electron chi connectivity index (χ2n) is 4.62. The lowest BCUT2D eigenvalue weighted by atomic mass is 10.3. The van der Waals surface area contributed by atoms with E-state index < -0.39 is 15.1 Å². The smallest absolute Gasteiger partial charge is 0.180 e. The Balaban J connectivity index is 2.63. The summed E-state index contributed by atoms with van der Waals surface area (Å²) in [5, 5.41) is -0.395. The van der Waals surface area contributed by atoms with E-state index in [2.05, 4.69) is 6.92 Å². The van der Waals surface area contributed by atoms with Gasteiger partial charge in [0.25, 0.3) is 0 Å². The fraction of sp³-hybridized carbons (Fsp3) is 0.571. The lowest BCUT2D eigenvalue weighted by Crippen LogP contribution is -2.13. The maximum Gasteiger partial charge on any atom is 0.180 e. The Bertz CT molecular complexity index is 446. The zero-order valence-electron chi connectivity index (χ0n) is 11.3. The molecular formula is C14H22O3S. The summed E-state index contributed by atoms with van der Waals surface area (Å²) in [5.41, 5.74) is 0. The van der Waals surface area contributed by atoms with Crippen molar-refractivity contribution in [2.75, 3.05) is 6.61 Å². The minimum Gasteiger partial charge on any atom is -0.494 e. The lowest BCUT2D eigenvalue weighted by molar-refractivity contribution is 0.306. The molecule has 4 heteroatoms. The van der Waals surface area contributed by atoms with Gasteiger partial charge in [-0.15, -0.1) is 0 Å². The second-order valence-corrected chi connectivity index (χ2v) is 7.12. The van der Waals surface area contributed by atoms with Gasteiger partial charge in [-0.1, -0.05) is 19.8 Å². The van der Waals surface area contributed by atoms with E-state index in [4.69, 9.17) is 4.74 Å². The van der Waals surface area contributed by atoms with E-state index in [-0.39, 0.29) is 0 Å². The molecule has 0 bridgehead atoms. The van der Waals surface area contributed by atoms with Crippen molar-refractivity contribution >= 4 is 9.84 Å². The first-order valence-electron chi connectivity index (χ1n) is 6.45. The lowest BCUT2D eigenvalue weighted by Gasteiger charge is -2.09. The molecule has 0 unspecified atom stereocenters. The number of hydrogen-bond acceptors (Lipinski definition) is 3. The van der Waals surface area contributed by atoms with Gasteiger partial charge in [0.2, 0.25) is 0 Å². The molecule has 0 aromatic heterocycles. The van der Waals surface area contributed by atoms with Crippen molar-refractivity contribution in [2.45, 2.75) is 50.2 Å². The van der Waals surface area contributed by atoms with Crippen molar-refractivity contribution in [3.8, 4) is 5.75 Å². The molecule has 0 amide bonds. The van der Waals surface area contributed by atoms with Crippen LogP contribution < -0.4 is 4.74 Å². The highest BCUT2D eigenvalue weighted by atomic mass is 32.2. The highest BCUT2D eigenvalue weighted by Crippen LogP contribution is 2.19. The first-order chi connectivity index (χ1) is 8.48. The minimum atomic E-state index is -3.18. The summed E-state index contributed by atoms with van der Waals surface area (Å²) in [6.07, 6.45) is 3.34. The number of hydrogen-bond donors (Lipinski definition) is 0. The Morgan fingerprint density at radius 3 is 2.22 bits per heavy atom. The molecule has 0 aliphatic rings. The molecule has 1 rings (SSSR count). The summed E-state index contributed by atoms with van der Waals surface area (Å²) in [5.74, 6) is 0.730. The normalized spacial score (nSPS) is 11.8. The molecule has 0 spiro atoms. The Morgan fingerprint density at radius 1 is 1.11 bits per heavy atom. The summed E-state index contributed by atoms with van der Waals surface area (Å²) < 4.78 is 29.3. The van der Waals surface area contributed by atoms with Gasteiger partial charge in [0.1, 0.15) is 5.75 Å². The van der Waals surface area contributed by atoms with Crippen molar-refractivity contribution in [1.29, 1.82) is 0 Å². The zero-order valence-corrected chi connectivity index (χ0v) is 12.2. The monoisotopic (exact) mass is 270 g/mol. The van der Waals surface area contributed by atoms with E-state index in [1.165, 1.54) is 0 Å². The van der Waals surface area contributed by atoms with Crippen molar-refractivity contribution in [1.82, 2.24) is 0 Å². The quantitative estimate of drug-likeness (QED) is 0.713. The van der Waals surface area contributed by atoms with Crippen LogP contribution in [0.2, 0.25) is 0 Å². The number of ether oxygens (including phenoxy) is 1. The molecular weight excluding hydrogens is 248 g/mol. The number of rotatable bonds is 7. The predicted octanol–water partition coefficient (Wildman–Crippen LogP) is 3.44. The maximum absolute atomic E-state index is 11.9. The molecule has 3 nitrogen and oxygen atoms in total. The summed E-state index contributed by atoms with van der Waals surface area (Å²) in [6, 6.07) is 6.68. The van der Waals surface area contributed by atoms with E-state index in [0.717, 1.165) is 25.0 Å². The van der Waals surface area contributed by atoms with Gasteiger partial charge in [-0.05, 0) is 44.5 Å². The molecule has 1 aromatic carbocycles. The first-order valence-corrected chi connectivity index (χ1v) is 8.00. The SMILES string of the molecule is CCCCCOc1ccc(S(=O)(=O)C(C)C)cc1. The molecule has 0 atom stereocenters. The molecule has 18 heavy (non-hydrogen) atoms.